The molecule has 2 nitrogen and oxygen atoms in total. The highest BCUT2D eigenvalue weighted by Crippen LogP contribution is 2.44. The minimum Gasteiger partial charge on any atom is -0.380 e. The summed E-state index contributed by atoms with van der Waals surface area (Å²) in [5.74, 6) is 2.04. The number of hydrogen-bond acceptors (Lipinski definition) is 2. The molecule has 2 fully saturated rings. The van der Waals surface area contributed by atoms with E-state index in [0.717, 1.165) is 22.1 Å². The number of anilines is 1. The highest BCUT2D eigenvalue weighted by molar-refractivity contribution is 9.10. The second-order valence-electron chi connectivity index (χ2n) is 5.45. The molecule has 2 unspecified atom stereocenters. The van der Waals surface area contributed by atoms with Crippen molar-refractivity contribution >= 4 is 21.6 Å². The third-order valence-electron chi connectivity index (χ3n) is 4.12. The molecular formula is C14H19BrN2. The van der Waals surface area contributed by atoms with E-state index < -0.39 is 0 Å². The molecule has 2 aliphatic carbocycles. The Balaban J connectivity index is 1.62. The van der Waals surface area contributed by atoms with Gasteiger partial charge in [-0.3, -0.25) is 0 Å². The summed E-state index contributed by atoms with van der Waals surface area (Å²) in [6.07, 6.45) is 10.3. The van der Waals surface area contributed by atoms with Crippen LogP contribution in [0.15, 0.2) is 22.9 Å². The second-order valence-corrected chi connectivity index (χ2v) is 6.20. The minimum atomic E-state index is 0.648. The van der Waals surface area contributed by atoms with Gasteiger partial charge in [0.1, 0.15) is 4.60 Å². The van der Waals surface area contributed by atoms with Crippen LogP contribution in [0.25, 0.3) is 0 Å². The van der Waals surface area contributed by atoms with Gasteiger partial charge in [0.2, 0.25) is 0 Å². The van der Waals surface area contributed by atoms with Crippen molar-refractivity contribution in [2.45, 2.75) is 44.6 Å². The van der Waals surface area contributed by atoms with Crippen LogP contribution in [0, 0.1) is 11.8 Å². The Morgan fingerprint density at radius 2 is 2.06 bits per heavy atom. The summed E-state index contributed by atoms with van der Waals surface area (Å²) in [5, 5.41) is 3.65. The molecule has 0 aromatic carbocycles. The average molecular weight is 295 g/mol. The Bertz CT molecular complexity index is 390. The smallest absolute Gasteiger partial charge is 0.129 e. The summed E-state index contributed by atoms with van der Waals surface area (Å²) >= 11 is 3.51. The number of hydrogen-bond donors (Lipinski definition) is 1. The van der Waals surface area contributed by atoms with Crippen LogP contribution in [-0.2, 0) is 0 Å². The van der Waals surface area contributed by atoms with Crippen LogP contribution in [-0.4, -0.2) is 11.0 Å². The molecule has 0 spiro atoms. The molecular weight excluding hydrogens is 276 g/mol. The van der Waals surface area contributed by atoms with Crippen molar-refractivity contribution in [3.63, 3.8) is 0 Å². The van der Waals surface area contributed by atoms with Crippen LogP contribution in [0.1, 0.15) is 38.5 Å². The Morgan fingerprint density at radius 3 is 2.82 bits per heavy atom. The molecule has 3 heteroatoms. The van der Waals surface area contributed by atoms with Crippen molar-refractivity contribution in [1.82, 2.24) is 4.98 Å². The summed E-state index contributed by atoms with van der Waals surface area (Å²) < 4.78 is 0.938. The maximum Gasteiger partial charge on any atom is 0.129 e. The molecule has 1 N–H and O–H groups in total. The molecule has 1 heterocycles. The molecule has 92 valence electrons. The largest absolute Gasteiger partial charge is 0.380 e. The molecule has 0 aliphatic heterocycles. The van der Waals surface area contributed by atoms with Crippen molar-refractivity contribution in [3.8, 4) is 0 Å². The number of rotatable bonds is 3. The van der Waals surface area contributed by atoms with E-state index in [9.17, 15) is 0 Å². The van der Waals surface area contributed by atoms with Gasteiger partial charge in [0.05, 0.1) is 5.69 Å². The fourth-order valence-corrected chi connectivity index (χ4v) is 3.43. The highest BCUT2D eigenvalue weighted by atomic mass is 79.9. The number of halogens is 1. The molecule has 1 aromatic heterocycles. The lowest BCUT2D eigenvalue weighted by Crippen LogP contribution is -2.28. The van der Waals surface area contributed by atoms with Crippen LogP contribution in [0.5, 0.6) is 0 Å². The SMILES string of the molecule is Brc1ncccc1NC1CCCC(C2CC2)C1. The number of nitrogens with one attached hydrogen (secondary N) is 1. The van der Waals surface area contributed by atoms with E-state index >= 15 is 0 Å². The molecule has 0 bridgehead atoms. The van der Waals surface area contributed by atoms with Gasteiger partial charge in [0.25, 0.3) is 0 Å². The lowest BCUT2D eigenvalue weighted by Gasteiger charge is -2.30. The molecule has 1 aromatic rings. The van der Waals surface area contributed by atoms with Crippen molar-refractivity contribution < 1.29 is 0 Å². The number of aromatic nitrogens is 1. The first-order chi connectivity index (χ1) is 8.33. The van der Waals surface area contributed by atoms with Gasteiger partial charge < -0.3 is 5.32 Å². The lowest BCUT2D eigenvalue weighted by atomic mass is 9.82. The maximum atomic E-state index is 4.27. The van der Waals surface area contributed by atoms with Crippen molar-refractivity contribution in [3.05, 3.63) is 22.9 Å². The van der Waals surface area contributed by atoms with Gasteiger partial charge in [0.15, 0.2) is 0 Å². The van der Waals surface area contributed by atoms with E-state index in [0.29, 0.717) is 6.04 Å². The molecule has 2 saturated carbocycles. The summed E-state index contributed by atoms with van der Waals surface area (Å²) in [5.41, 5.74) is 1.15. The van der Waals surface area contributed by atoms with Crippen molar-refractivity contribution in [1.29, 1.82) is 0 Å². The van der Waals surface area contributed by atoms with Gasteiger partial charge in [-0.1, -0.05) is 12.8 Å². The van der Waals surface area contributed by atoms with Crippen LogP contribution in [0.3, 0.4) is 0 Å². The Kier molecular flexibility index (Phi) is 3.37. The zero-order valence-electron chi connectivity index (χ0n) is 10.0. The first kappa shape index (κ1) is 11.5. The summed E-state index contributed by atoms with van der Waals surface area (Å²) in [6.45, 7) is 0. The third-order valence-corrected chi connectivity index (χ3v) is 4.75. The van der Waals surface area contributed by atoms with E-state index in [2.05, 4.69) is 32.3 Å². The topological polar surface area (TPSA) is 24.9 Å². The molecule has 0 radical (unpaired) electrons. The zero-order chi connectivity index (χ0) is 11.7. The van der Waals surface area contributed by atoms with E-state index in [1.807, 2.05) is 12.3 Å². The van der Waals surface area contributed by atoms with Gasteiger partial charge in [-0.2, -0.15) is 0 Å². The second kappa shape index (κ2) is 4.97. The molecule has 3 rings (SSSR count). The van der Waals surface area contributed by atoms with Crippen molar-refractivity contribution in [2.75, 3.05) is 5.32 Å². The predicted octanol–water partition coefficient (Wildman–Crippen LogP) is 4.22. The Hall–Kier alpha value is -0.570. The monoisotopic (exact) mass is 294 g/mol. The first-order valence-electron chi connectivity index (χ1n) is 6.70. The summed E-state index contributed by atoms with van der Waals surface area (Å²) in [6, 6.07) is 4.75. The van der Waals surface area contributed by atoms with Gasteiger partial charge in [-0.15, -0.1) is 0 Å². The lowest BCUT2D eigenvalue weighted by molar-refractivity contribution is 0.303. The number of pyridine rings is 1. The fraction of sp³-hybridized carbons (Fsp3) is 0.643. The van der Waals surface area contributed by atoms with Gasteiger partial charge >= 0.3 is 0 Å². The van der Waals surface area contributed by atoms with Gasteiger partial charge in [0, 0.05) is 12.2 Å². The van der Waals surface area contributed by atoms with Crippen LogP contribution in [0.2, 0.25) is 0 Å². The van der Waals surface area contributed by atoms with E-state index in [1.165, 1.54) is 38.5 Å². The minimum absolute atomic E-state index is 0.648. The highest BCUT2D eigenvalue weighted by Gasteiger charge is 2.34. The van der Waals surface area contributed by atoms with Crippen LogP contribution in [0.4, 0.5) is 5.69 Å². The van der Waals surface area contributed by atoms with E-state index in [1.54, 1.807) is 0 Å². The standard InChI is InChI=1S/C14H19BrN2/c15-14-13(5-2-8-16-14)17-12-4-1-3-11(9-12)10-6-7-10/h2,5,8,10-12,17H,1,3-4,6-7,9H2. The average Bonchev–Trinajstić information content (AvgIpc) is 3.17. The predicted molar refractivity (Wildman–Crippen MR) is 74.0 cm³/mol. The Morgan fingerprint density at radius 1 is 1.18 bits per heavy atom. The quantitative estimate of drug-likeness (QED) is 0.844. The normalized spacial score (nSPS) is 29.0. The van der Waals surface area contributed by atoms with Crippen LogP contribution < -0.4 is 5.32 Å². The van der Waals surface area contributed by atoms with Gasteiger partial charge in [-0.05, 0) is 65.6 Å². The fourth-order valence-electron chi connectivity index (χ4n) is 3.07. The zero-order valence-corrected chi connectivity index (χ0v) is 11.6. The molecule has 0 amide bonds. The van der Waals surface area contributed by atoms with E-state index in [4.69, 9.17) is 0 Å². The van der Waals surface area contributed by atoms with E-state index in [-0.39, 0.29) is 0 Å². The Labute approximate surface area is 111 Å². The summed E-state index contributed by atoms with van der Waals surface area (Å²) in [4.78, 5) is 4.27. The number of nitrogens with zero attached hydrogens (tertiary/aromatic N) is 1. The molecule has 17 heavy (non-hydrogen) atoms. The first-order valence-corrected chi connectivity index (χ1v) is 7.49. The van der Waals surface area contributed by atoms with Crippen molar-refractivity contribution in [2.24, 2.45) is 11.8 Å². The summed E-state index contributed by atoms with van der Waals surface area (Å²) in [7, 11) is 0. The van der Waals surface area contributed by atoms with Gasteiger partial charge in [-0.25, -0.2) is 4.98 Å². The molecule has 2 atom stereocenters. The van der Waals surface area contributed by atoms with Crippen LogP contribution >= 0.6 is 15.9 Å². The third kappa shape index (κ3) is 2.82. The maximum absolute atomic E-state index is 4.27. The molecule has 0 saturated heterocycles. The molecule has 2 aliphatic rings.